The van der Waals surface area contributed by atoms with E-state index in [4.69, 9.17) is 14.2 Å². The second-order valence-electron chi connectivity index (χ2n) is 8.33. The Morgan fingerprint density at radius 3 is 1.97 bits per heavy atom. The number of carbonyl (C=O) groups excluding carboxylic acids is 1. The van der Waals surface area contributed by atoms with Crippen molar-refractivity contribution in [1.29, 1.82) is 0 Å². The average molecular weight is 483 g/mol. The highest BCUT2D eigenvalue weighted by molar-refractivity contribution is 5.74. The molecule has 0 atom stereocenters. The second kappa shape index (κ2) is 15.8. The van der Waals surface area contributed by atoms with Gasteiger partial charge in [0.05, 0.1) is 26.4 Å². The van der Waals surface area contributed by atoms with Crippen molar-refractivity contribution in [3.8, 4) is 11.1 Å². The predicted molar refractivity (Wildman–Crippen MR) is 132 cm³/mol. The number of carbonyl (C=O) groups is 1. The number of ether oxygens (including phenoxy) is 3. The molecular weight excluding hydrogens is 444 g/mol. The van der Waals surface area contributed by atoms with Crippen LogP contribution in [-0.4, -0.2) is 56.7 Å². The normalized spacial score (nSPS) is 11.0. The van der Waals surface area contributed by atoms with Crippen molar-refractivity contribution in [1.82, 2.24) is 9.88 Å². The third-order valence-corrected chi connectivity index (χ3v) is 5.43. The molecule has 0 aliphatic carbocycles. The summed E-state index contributed by atoms with van der Waals surface area (Å²) in [5.41, 5.74) is 2.28. The summed E-state index contributed by atoms with van der Waals surface area (Å²) in [6.45, 7) is 5.47. The molecule has 0 spiro atoms. The summed E-state index contributed by atoms with van der Waals surface area (Å²) in [6.07, 6.45) is 13.8. The van der Waals surface area contributed by atoms with Gasteiger partial charge in [-0.05, 0) is 36.1 Å². The number of nitrogens with zero attached hydrogens (tertiary/aromatic N) is 3. The molecule has 0 bridgehead atoms. The molecule has 3 aromatic heterocycles. The molecule has 188 valence electrons. The van der Waals surface area contributed by atoms with E-state index < -0.39 is 0 Å². The molecule has 1 amide bonds. The minimum absolute atomic E-state index is 0.00817. The van der Waals surface area contributed by atoms with Gasteiger partial charge in [-0.25, -0.2) is 4.57 Å². The molecule has 0 aromatic carbocycles. The van der Waals surface area contributed by atoms with Gasteiger partial charge >= 0.3 is 0 Å². The van der Waals surface area contributed by atoms with Crippen molar-refractivity contribution in [2.24, 2.45) is 7.05 Å². The van der Waals surface area contributed by atoms with E-state index in [2.05, 4.69) is 34.4 Å². The fourth-order valence-corrected chi connectivity index (χ4v) is 3.48. The third-order valence-electron chi connectivity index (χ3n) is 5.43. The molecule has 8 heteroatoms. The minimum Gasteiger partial charge on any atom is -0.379 e. The van der Waals surface area contributed by atoms with Gasteiger partial charge in [0.1, 0.15) is 7.05 Å². The Labute approximate surface area is 208 Å². The van der Waals surface area contributed by atoms with Crippen LogP contribution in [0.2, 0.25) is 0 Å². The molecule has 8 nitrogen and oxygen atoms in total. The van der Waals surface area contributed by atoms with Crippen molar-refractivity contribution < 1.29 is 28.1 Å². The zero-order valence-corrected chi connectivity index (χ0v) is 20.7. The number of hydrogen-bond acceptors (Lipinski definition) is 4. The van der Waals surface area contributed by atoms with Gasteiger partial charge in [0.2, 0.25) is 6.54 Å². The van der Waals surface area contributed by atoms with Crippen LogP contribution in [0.25, 0.3) is 11.1 Å². The van der Waals surface area contributed by atoms with E-state index in [1.807, 2.05) is 65.2 Å². The van der Waals surface area contributed by atoms with Crippen LogP contribution in [0.15, 0.2) is 73.6 Å². The smallest absolute Gasteiger partial charge is 0.285 e. The molecule has 3 aromatic rings. The number of aryl methyl sites for hydroxylation is 2. The van der Waals surface area contributed by atoms with Crippen LogP contribution in [0, 0.1) is 0 Å². The fraction of sp³-hybridized carbons (Fsp3) is 0.444. The molecule has 3 heterocycles. The zero-order valence-electron chi connectivity index (χ0n) is 20.7. The van der Waals surface area contributed by atoms with Crippen LogP contribution in [-0.2, 0) is 39.1 Å². The number of rotatable bonds is 17. The Hall–Kier alpha value is -3.07. The topological polar surface area (TPSA) is 69.5 Å². The van der Waals surface area contributed by atoms with Crippen LogP contribution >= 0.6 is 0 Å². The summed E-state index contributed by atoms with van der Waals surface area (Å²) in [5, 5.41) is 2.94. The number of hydrogen-bond donors (Lipinski definition) is 1. The van der Waals surface area contributed by atoms with E-state index in [1.165, 1.54) is 0 Å². The van der Waals surface area contributed by atoms with Gasteiger partial charge in [0, 0.05) is 63.0 Å². The number of pyridine rings is 2. The maximum Gasteiger partial charge on any atom is 0.285 e. The highest BCUT2D eigenvalue weighted by Gasteiger charge is 2.09. The first-order valence-electron chi connectivity index (χ1n) is 12.3. The molecule has 0 aliphatic rings. The maximum absolute atomic E-state index is 12.2. The van der Waals surface area contributed by atoms with Gasteiger partial charge in [-0.15, -0.1) is 0 Å². The van der Waals surface area contributed by atoms with Gasteiger partial charge in [-0.1, -0.05) is 0 Å². The summed E-state index contributed by atoms with van der Waals surface area (Å²) >= 11 is 0. The van der Waals surface area contributed by atoms with Crippen molar-refractivity contribution in [2.75, 3.05) is 46.2 Å². The van der Waals surface area contributed by atoms with Crippen molar-refractivity contribution in [3.63, 3.8) is 0 Å². The summed E-state index contributed by atoms with van der Waals surface area (Å²) in [6, 6.07) is 12.2. The summed E-state index contributed by atoms with van der Waals surface area (Å²) in [7, 11) is 2.00. The highest BCUT2D eigenvalue weighted by Crippen LogP contribution is 2.15. The Morgan fingerprint density at radius 2 is 1.34 bits per heavy atom. The first-order valence-corrected chi connectivity index (χ1v) is 12.3. The van der Waals surface area contributed by atoms with E-state index in [1.54, 1.807) is 0 Å². The van der Waals surface area contributed by atoms with Gasteiger partial charge < -0.3 is 24.1 Å². The van der Waals surface area contributed by atoms with Crippen molar-refractivity contribution in [3.05, 3.63) is 73.6 Å². The Morgan fingerprint density at radius 1 is 0.800 bits per heavy atom. The number of aromatic nitrogens is 3. The number of nitrogens with one attached hydrogen (secondary N) is 1. The lowest BCUT2D eigenvalue weighted by molar-refractivity contribution is -0.684. The summed E-state index contributed by atoms with van der Waals surface area (Å²) < 4.78 is 22.7. The molecule has 0 saturated heterocycles. The Kier molecular flexibility index (Phi) is 11.9. The van der Waals surface area contributed by atoms with E-state index >= 15 is 0 Å². The van der Waals surface area contributed by atoms with Crippen molar-refractivity contribution in [2.45, 2.75) is 25.9 Å². The van der Waals surface area contributed by atoms with E-state index in [-0.39, 0.29) is 5.91 Å². The Bertz CT molecular complexity index is 960. The van der Waals surface area contributed by atoms with Crippen LogP contribution in [0.1, 0.15) is 12.8 Å². The maximum atomic E-state index is 12.2. The molecule has 0 radical (unpaired) electrons. The largest absolute Gasteiger partial charge is 0.379 e. The Balaban J connectivity index is 1.12. The molecule has 0 aliphatic heterocycles. The average Bonchev–Trinajstić information content (AvgIpc) is 3.39. The molecule has 3 rings (SSSR count). The second-order valence-corrected chi connectivity index (χ2v) is 8.33. The number of amides is 1. The lowest BCUT2D eigenvalue weighted by Gasteiger charge is -2.08. The van der Waals surface area contributed by atoms with Gasteiger partial charge in [0.25, 0.3) is 5.91 Å². The van der Waals surface area contributed by atoms with Crippen molar-refractivity contribution >= 4 is 5.91 Å². The molecular formula is C27H38N4O4+2. The van der Waals surface area contributed by atoms with E-state index in [0.29, 0.717) is 46.1 Å². The lowest BCUT2D eigenvalue weighted by Crippen LogP contribution is -2.42. The zero-order chi connectivity index (χ0) is 24.6. The van der Waals surface area contributed by atoms with Gasteiger partial charge in [0.15, 0.2) is 24.8 Å². The summed E-state index contributed by atoms with van der Waals surface area (Å²) in [4.78, 5) is 12.2. The van der Waals surface area contributed by atoms with Gasteiger partial charge in [-0.3, -0.25) is 4.79 Å². The first-order chi connectivity index (χ1) is 17.2. The molecule has 1 N–H and O–H groups in total. The fourth-order valence-electron chi connectivity index (χ4n) is 3.48. The molecule has 0 fully saturated rings. The molecule has 0 unspecified atom stereocenters. The standard InChI is InChI=1S/C27H37N4O4/c1-29-14-6-25(7-15-29)26-8-16-31(17-9-26)24-27(32)28-10-4-18-33-20-22-35-23-21-34-19-5-13-30-11-2-3-12-30/h2-3,6-9,11-12,14-17H,4-5,10,13,18-24H2,1H3/q+1/p+1. The van der Waals surface area contributed by atoms with Crippen LogP contribution in [0.5, 0.6) is 0 Å². The summed E-state index contributed by atoms with van der Waals surface area (Å²) in [5.74, 6) is -0.00817. The van der Waals surface area contributed by atoms with Crippen LogP contribution in [0.3, 0.4) is 0 Å². The quantitative estimate of drug-likeness (QED) is 0.236. The molecule has 35 heavy (non-hydrogen) atoms. The molecule has 0 saturated carbocycles. The van der Waals surface area contributed by atoms with Gasteiger partial charge in [-0.2, -0.15) is 4.57 Å². The van der Waals surface area contributed by atoms with Crippen LogP contribution in [0.4, 0.5) is 0 Å². The lowest BCUT2D eigenvalue weighted by atomic mass is 10.1. The van der Waals surface area contributed by atoms with E-state index in [9.17, 15) is 4.79 Å². The predicted octanol–water partition coefficient (Wildman–Crippen LogP) is 1.91. The monoisotopic (exact) mass is 482 g/mol. The third kappa shape index (κ3) is 10.8. The SMILES string of the molecule is C[n+]1ccc(-c2cc[n+](CC(=O)NCCCOCCOCCOCCCn3cccc3)cc2)cc1. The highest BCUT2D eigenvalue weighted by atomic mass is 16.5. The van der Waals surface area contributed by atoms with Crippen LogP contribution < -0.4 is 14.5 Å². The van der Waals surface area contributed by atoms with E-state index in [0.717, 1.165) is 37.1 Å². The first kappa shape index (κ1) is 26.5. The minimum atomic E-state index is -0.00817.